The number of hydrogen-bond acceptors (Lipinski definition) is 5. The van der Waals surface area contributed by atoms with Crippen LogP contribution in [0.15, 0.2) is 28.2 Å². The minimum absolute atomic E-state index is 0.167. The summed E-state index contributed by atoms with van der Waals surface area (Å²) in [6.07, 6.45) is 0.167. The van der Waals surface area contributed by atoms with Gasteiger partial charge in [0.25, 0.3) is 5.19 Å². The molecule has 17 heavy (non-hydrogen) atoms. The molecule has 0 fully saturated rings. The number of rotatable bonds is 4. The second-order valence-corrected chi connectivity index (χ2v) is 5.78. The van der Waals surface area contributed by atoms with Gasteiger partial charge in [0.1, 0.15) is 11.5 Å². The van der Waals surface area contributed by atoms with E-state index in [-0.39, 0.29) is 6.10 Å². The van der Waals surface area contributed by atoms with E-state index in [1.54, 1.807) is 0 Å². The first-order chi connectivity index (χ1) is 8.13. The molecular weight excluding hydrogens is 304 g/mol. The van der Waals surface area contributed by atoms with Gasteiger partial charge in [0.05, 0.1) is 6.10 Å². The Kier molecular flexibility index (Phi) is 3.96. The number of nitrogens with zero attached hydrogens (tertiary/aromatic N) is 2. The quantitative estimate of drug-likeness (QED) is 0.859. The Morgan fingerprint density at radius 3 is 2.29 bits per heavy atom. The fourth-order valence-corrected chi connectivity index (χ4v) is 2.13. The van der Waals surface area contributed by atoms with Crippen molar-refractivity contribution in [1.82, 2.24) is 10.2 Å². The number of hydrogen-bond donors (Lipinski definition) is 0. The maximum absolute atomic E-state index is 5.54. The molecule has 4 nitrogen and oxygen atoms in total. The molecule has 0 saturated carbocycles. The lowest BCUT2D eigenvalue weighted by molar-refractivity contribution is 0.242. The molecule has 2 aromatic rings. The Morgan fingerprint density at radius 1 is 1.12 bits per heavy atom. The largest absolute Gasteiger partial charge is 0.491 e. The topological polar surface area (TPSA) is 44.2 Å². The van der Waals surface area contributed by atoms with Crippen molar-refractivity contribution in [3.05, 3.63) is 28.2 Å². The smallest absolute Gasteiger partial charge is 0.300 e. The lowest BCUT2D eigenvalue weighted by atomic mass is 10.3. The zero-order chi connectivity index (χ0) is 12.3. The van der Waals surface area contributed by atoms with E-state index in [2.05, 4.69) is 26.1 Å². The zero-order valence-corrected chi connectivity index (χ0v) is 11.8. The third kappa shape index (κ3) is 3.67. The van der Waals surface area contributed by atoms with Crippen molar-refractivity contribution in [2.45, 2.75) is 20.0 Å². The molecule has 0 atom stereocenters. The third-order valence-electron chi connectivity index (χ3n) is 1.78. The Balaban J connectivity index is 2.03. The van der Waals surface area contributed by atoms with E-state index in [9.17, 15) is 0 Å². The van der Waals surface area contributed by atoms with Crippen LogP contribution in [-0.2, 0) is 0 Å². The standard InChI is InChI=1S/C11H11BrN2O2S/c1-7(2)15-8-3-5-9(6-4-8)16-11-14-13-10(12)17-11/h3-7H,1-2H3. The summed E-state index contributed by atoms with van der Waals surface area (Å²) in [7, 11) is 0. The molecule has 0 N–H and O–H groups in total. The average Bonchev–Trinajstić information content (AvgIpc) is 2.66. The van der Waals surface area contributed by atoms with Gasteiger partial charge in [0.2, 0.25) is 0 Å². The van der Waals surface area contributed by atoms with Crippen LogP contribution in [-0.4, -0.2) is 16.3 Å². The van der Waals surface area contributed by atoms with Crippen molar-refractivity contribution in [2.24, 2.45) is 0 Å². The molecule has 0 unspecified atom stereocenters. The lowest BCUT2D eigenvalue weighted by Crippen LogP contribution is -2.05. The molecule has 0 saturated heterocycles. The first-order valence-electron chi connectivity index (χ1n) is 5.07. The molecule has 0 bridgehead atoms. The molecule has 0 aliphatic rings. The Bertz CT molecular complexity index is 484. The summed E-state index contributed by atoms with van der Waals surface area (Å²) in [4.78, 5) is 0. The molecule has 1 aromatic heterocycles. The third-order valence-corrected chi connectivity index (χ3v) is 3.02. The normalized spacial score (nSPS) is 10.6. The zero-order valence-electron chi connectivity index (χ0n) is 9.38. The number of aromatic nitrogens is 2. The van der Waals surface area contributed by atoms with Gasteiger partial charge in [0, 0.05) is 0 Å². The Morgan fingerprint density at radius 2 is 1.76 bits per heavy atom. The summed E-state index contributed by atoms with van der Waals surface area (Å²) in [5.41, 5.74) is 0. The molecule has 0 amide bonds. The van der Waals surface area contributed by atoms with Crippen LogP contribution in [0.25, 0.3) is 0 Å². The van der Waals surface area contributed by atoms with Crippen LogP contribution < -0.4 is 9.47 Å². The van der Waals surface area contributed by atoms with Crippen LogP contribution in [0.5, 0.6) is 16.7 Å². The summed E-state index contributed by atoms with van der Waals surface area (Å²) in [5.74, 6) is 1.54. The van der Waals surface area contributed by atoms with Crippen LogP contribution >= 0.6 is 27.3 Å². The van der Waals surface area contributed by atoms with Crippen LogP contribution in [0.1, 0.15) is 13.8 Å². The molecular formula is C11H11BrN2O2S. The summed E-state index contributed by atoms with van der Waals surface area (Å²) in [6.45, 7) is 3.98. The molecule has 2 rings (SSSR count). The minimum Gasteiger partial charge on any atom is -0.491 e. The fraction of sp³-hybridized carbons (Fsp3) is 0.273. The highest BCUT2D eigenvalue weighted by molar-refractivity contribution is 9.11. The summed E-state index contributed by atoms with van der Waals surface area (Å²) in [5, 5.41) is 8.16. The highest BCUT2D eigenvalue weighted by Gasteiger charge is 2.04. The van der Waals surface area contributed by atoms with Gasteiger partial charge in [-0.2, -0.15) is 0 Å². The second kappa shape index (κ2) is 5.46. The maximum atomic E-state index is 5.54. The van der Waals surface area contributed by atoms with Crippen molar-refractivity contribution in [1.29, 1.82) is 0 Å². The average molecular weight is 315 g/mol. The van der Waals surface area contributed by atoms with E-state index in [1.807, 2.05) is 38.1 Å². The van der Waals surface area contributed by atoms with Crippen LogP contribution in [0.4, 0.5) is 0 Å². The summed E-state index contributed by atoms with van der Waals surface area (Å²) >= 11 is 4.57. The van der Waals surface area contributed by atoms with E-state index in [4.69, 9.17) is 9.47 Å². The van der Waals surface area contributed by atoms with E-state index < -0.39 is 0 Å². The van der Waals surface area contributed by atoms with Gasteiger partial charge >= 0.3 is 0 Å². The van der Waals surface area contributed by atoms with Gasteiger partial charge in [-0.15, -0.1) is 5.10 Å². The fourth-order valence-electron chi connectivity index (χ4n) is 1.19. The molecule has 0 aliphatic heterocycles. The molecule has 0 spiro atoms. The van der Waals surface area contributed by atoms with E-state index >= 15 is 0 Å². The molecule has 1 heterocycles. The molecule has 6 heteroatoms. The van der Waals surface area contributed by atoms with Crippen LogP contribution in [0.2, 0.25) is 0 Å². The second-order valence-electron chi connectivity index (χ2n) is 3.56. The first kappa shape index (κ1) is 12.3. The van der Waals surface area contributed by atoms with Crippen LogP contribution in [0, 0.1) is 0 Å². The number of ether oxygens (including phenoxy) is 2. The van der Waals surface area contributed by atoms with Crippen molar-refractivity contribution < 1.29 is 9.47 Å². The van der Waals surface area contributed by atoms with Crippen molar-refractivity contribution in [3.63, 3.8) is 0 Å². The monoisotopic (exact) mass is 314 g/mol. The highest BCUT2D eigenvalue weighted by Crippen LogP contribution is 2.28. The lowest BCUT2D eigenvalue weighted by Gasteiger charge is -2.09. The summed E-state index contributed by atoms with van der Waals surface area (Å²) < 4.78 is 11.8. The van der Waals surface area contributed by atoms with Gasteiger partial charge in [-0.3, -0.25) is 0 Å². The molecule has 90 valence electrons. The van der Waals surface area contributed by atoms with Gasteiger partial charge in [-0.05, 0) is 65.4 Å². The first-order valence-corrected chi connectivity index (χ1v) is 6.68. The van der Waals surface area contributed by atoms with Crippen LogP contribution in [0.3, 0.4) is 0 Å². The summed E-state index contributed by atoms with van der Waals surface area (Å²) in [6, 6.07) is 7.41. The van der Waals surface area contributed by atoms with Gasteiger partial charge in [-0.1, -0.05) is 5.10 Å². The van der Waals surface area contributed by atoms with E-state index in [0.717, 1.165) is 5.75 Å². The van der Waals surface area contributed by atoms with Gasteiger partial charge in [-0.25, -0.2) is 0 Å². The van der Waals surface area contributed by atoms with Crippen molar-refractivity contribution in [2.75, 3.05) is 0 Å². The van der Waals surface area contributed by atoms with Crippen molar-refractivity contribution in [3.8, 4) is 16.7 Å². The van der Waals surface area contributed by atoms with E-state index in [0.29, 0.717) is 14.9 Å². The molecule has 0 radical (unpaired) electrons. The van der Waals surface area contributed by atoms with Gasteiger partial charge < -0.3 is 9.47 Å². The van der Waals surface area contributed by atoms with E-state index in [1.165, 1.54) is 11.3 Å². The van der Waals surface area contributed by atoms with Crippen molar-refractivity contribution >= 4 is 27.3 Å². The SMILES string of the molecule is CC(C)Oc1ccc(Oc2nnc(Br)s2)cc1. The maximum Gasteiger partial charge on any atom is 0.300 e. The Hall–Kier alpha value is -1.14. The minimum atomic E-state index is 0.167. The molecule has 0 aliphatic carbocycles. The predicted octanol–water partition coefficient (Wildman–Crippen LogP) is 3.88. The highest BCUT2D eigenvalue weighted by atomic mass is 79.9. The van der Waals surface area contributed by atoms with Gasteiger partial charge in [0.15, 0.2) is 3.92 Å². The molecule has 1 aromatic carbocycles. The number of halogens is 1. The Labute approximate surface area is 112 Å². The number of benzene rings is 1. The predicted molar refractivity (Wildman–Crippen MR) is 69.9 cm³/mol.